The van der Waals surface area contributed by atoms with Crippen molar-refractivity contribution in [2.45, 2.75) is 19.9 Å². The lowest BCUT2D eigenvalue weighted by Gasteiger charge is -2.39. The highest BCUT2D eigenvalue weighted by molar-refractivity contribution is 5.67. The third-order valence-electron chi connectivity index (χ3n) is 4.51. The Bertz CT molecular complexity index is 516. The number of amides is 1. The van der Waals surface area contributed by atoms with E-state index >= 15 is 0 Å². The SMILES string of the molecule is CCOC(=O)NCC(c1ccccc1OC)N1CCN(CC)CC1. The van der Waals surface area contributed by atoms with Gasteiger partial charge < -0.3 is 19.7 Å². The van der Waals surface area contributed by atoms with Gasteiger partial charge >= 0.3 is 6.09 Å². The fourth-order valence-electron chi connectivity index (χ4n) is 3.13. The van der Waals surface area contributed by atoms with Gasteiger partial charge in [-0.15, -0.1) is 0 Å². The van der Waals surface area contributed by atoms with Gasteiger partial charge in [0.25, 0.3) is 0 Å². The fourth-order valence-corrected chi connectivity index (χ4v) is 3.13. The number of ether oxygens (including phenoxy) is 2. The summed E-state index contributed by atoms with van der Waals surface area (Å²) in [5.41, 5.74) is 1.10. The molecule has 0 radical (unpaired) electrons. The number of nitrogens with zero attached hydrogens (tertiary/aromatic N) is 2. The summed E-state index contributed by atoms with van der Waals surface area (Å²) in [6, 6.07) is 8.09. The van der Waals surface area contributed by atoms with Crippen LogP contribution in [0, 0.1) is 0 Å². The molecule has 1 saturated heterocycles. The Kier molecular flexibility index (Phi) is 7.34. The Hall–Kier alpha value is -1.79. The first-order valence-corrected chi connectivity index (χ1v) is 8.69. The van der Waals surface area contributed by atoms with Crippen LogP contribution in [0.4, 0.5) is 4.79 Å². The Morgan fingerprint density at radius 2 is 1.92 bits per heavy atom. The molecule has 6 heteroatoms. The van der Waals surface area contributed by atoms with Crippen LogP contribution in [0.1, 0.15) is 25.5 Å². The zero-order chi connectivity index (χ0) is 17.4. The van der Waals surface area contributed by atoms with Crippen LogP contribution in [0.5, 0.6) is 5.75 Å². The first kappa shape index (κ1) is 18.5. The molecule has 0 saturated carbocycles. The lowest BCUT2D eigenvalue weighted by atomic mass is 10.0. The number of nitrogens with one attached hydrogen (secondary N) is 1. The maximum atomic E-state index is 11.7. The molecular formula is C18H29N3O3. The van der Waals surface area contributed by atoms with Crippen molar-refractivity contribution in [2.24, 2.45) is 0 Å². The quantitative estimate of drug-likeness (QED) is 0.827. The number of carbonyl (C=O) groups excluding carboxylic acids is 1. The molecule has 1 aliphatic heterocycles. The van der Waals surface area contributed by atoms with E-state index in [-0.39, 0.29) is 12.1 Å². The average molecular weight is 335 g/mol. The number of carbonyl (C=O) groups is 1. The molecule has 6 nitrogen and oxygen atoms in total. The highest BCUT2D eigenvalue weighted by Gasteiger charge is 2.27. The summed E-state index contributed by atoms with van der Waals surface area (Å²) in [5.74, 6) is 0.853. The number of hydrogen-bond acceptors (Lipinski definition) is 5. The molecule has 24 heavy (non-hydrogen) atoms. The van der Waals surface area contributed by atoms with Gasteiger partial charge in [-0.2, -0.15) is 0 Å². The zero-order valence-electron chi connectivity index (χ0n) is 15.0. The van der Waals surface area contributed by atoms with Gasteiger partial charge in [0.1, 0.15) is 5.75 Å². The molecular weight excluding hydrogens is 306 g/mol. The van der Waals surface area contributed by atoms with Crippen LogP contribution in [0.15, 0.2) is 24.3 Å². The summed E-state index contributed by atoms with van der Waals surface area (Å²) < 4.78 is 10.5. The van der Waals surface area contributed by atoms with Crippen LogP contribution in [0.3, 0.4) is 0 Å². The van der Waals surface area contributed by atoms with E-state index in [4.69, 9.17) is 9.47 Å². The van der Waals surface area contributed by atoms with Gasteiger partial charge in [0, 0.05) is 38.3 Å². The Morgan fingerprint density at radius 3 is 2.54 bits per heavy atom. The molecule has 0 aliphatic carbocycles. The molecule has 134 valence electrons. The topological polar surface area (TPSA) is 54.0 Å². The minimum absolute atomic E-state index is 0.0737. The van der Waals surface area contributed by atoms with Crippen LogP contribution in [-0.2, 0) is 4.74 Å². The summed E-state index contributed by atoms with van der Waals surface area (Å²) in [6.45, 7) is 9.99. The van der Waals surface area contributed by atoms with Crippen LogP contribution in [0.2, 0.25) is 0 Å². The second kappa shape index (κ2) is 9.49. The van der Waals surface area contributed by atoms with Crippen molar-refractivity contribution >= 4 is 6.09 Å². The highest BCUT2D eigenvalue weighted by atomic mass is 16.5. The monoisotopic (exact) mass is 335 g/mol. The van der Waals surface area contributed by atoms with E-state index in [9.17, 15) is 4.79 Å². The molecule has 1 heterocycles. The number of alkyl carbamates (subject to hydrolysis) is 1. The summed E-state index contributed by atoms with van der Waals surface area (Å²) >= 11 is 0. The predicted octanol–water partition coefficient (Wildman–Crippen LogP) is 2.12. The zero-order valence-corrected chi connectivity index (χ0v) is 15.0. The summed E-state index contributed by atoms with van der Waals surface area (Å²) in [7, 11) is 1.68. The van der Waals surface area contributed by atoms with Crippen LogP contribution >= 0.6 is 0 Å². The van der Waals surface area contributed by atoms with E-state index in [1.165, 1.54) is 0 Å². The first-order chi connectivity index (χ1) is 11.7. The number of para-hydroxylation sites is 1. The van der Waals surface area contributed by atoms with E-state index in [1.54, 1.807) is 14.0 Å². The van der Waals surface area contributed by atoms with E-state index in [2.05, 4.69) is 28.1 Å². The van der Waals surface area contributed by atoms with Crippen LogP contribution < -0.4 is 10.1 Å². The van der Waals surface area contributed by atoms with Gasteiger partial charge in [0.05, 0.1) is 19.8 Å². The molecule has 1 aromatic rings. The highest BCUT2D eigenvalue weighted by Crippen LogP contribution is 2.29. The van der Waals surface area contributed by atoms with Crippen molar-refractivity contribution < 1.29 is 14.3 Å². The second-order valence-corrected chi connectivity index (χ2v) is 5.83. The number of benzene rings is 1. The van der Waals surface area contributed by atoms with Crippen LogP contribution in [0.25, 0.3) is 0 Å². The molecule has 1 fully saturated rings. The lowest BCUT2D eigenvalue weighted by Crippen LogP contribution is -2.49. The molecule has 2 rings (SSSR count). The third-order valence-corrected chi connectivity index (χ3v) is 4.51. The van der Waals surface area contributed by atoms with E-state index < -0.39 is 0 Å². The number of likely N-dealkylation sites (N-methyl/N-ethyl adjacent to an activating group) is 1. The van der Waals surface area contributed by atoms with Crippen molar-refractivity contribution in [3.05, 3.63) is 29.8 Å². The molecule has 1 aromatic carbocycles. The normalized spacial score (nSPS) is 17.3. The van der Waals surface area contributed by atoms with Gasteiger partial charge in [-0.3, -0.25) is 4.90 Å². The molecule has 1 atom stereocenters. The van der Waals surface area contributed by atoms with Crippen molar-refractivity contribution in [2.75, 3.05) is 53.0 Å². The van der Waals surface area contributed by atoms with E-state index in [0.29, 0.717) is 13.2 Å². The number of piperazine rings is 1. The Morgan fingerprint density at radius 1 is 1.21 bits per heavy atom. The maximum Gasteiger partial charge on any atom is 0.407 e. The summed E-state index contributed by atoms with van der Waals surface area (Å²) in [6.07, 6.45) is -0.371. The molecule has 1 aliphatic rings. The van der Waals surface area contributed by atoms with Crippen molar-refractivity contribution in [1.29, 1.82) is 0 Å². The smallest absolute Gasteiger partial charge is 0.407 e. The maximum absolute atomic E-state index is 11.7. The number of rotatable bonds is 7. The van der Waals surface area contributed by atoms with Gasteiger partial charge in [0.15, 0.2) is 0 Å². The van der Waals surface area contributed by atoms with Crippen molar-refractivity contribution in [3.63, 3.8) is 0 Å². The van der Waals surface area contributed by atoms with Gasteiger partial charge in [-0.05, 0) is 19.5 Å². The van der Waals surface area contributed by atoms with Gasteiger partial charge in [0.2, 0.25) is 0 Å². The fraction of sp³-hybridized carbons (Fsp3) is 0.611. The Labute approximate surface area is 144 Å². The van der Waals surface area contributed by atoms with Gasteiger partial charge in [-0.25, -0.2) is 4.79 Å². The van der Waals surface area contributed by atoms with E-state index in [1.807, 2.05) is 18.2 Å². The number of hydrogen-bond donors (Lipinski definition) is 1. The second-order valence-electron chi connectivity index (χ2n) is 5.83. The largest absolute Gasteiger partial charge is 0.496 e. The lowest BCUT2D eigenvalue weighted by molar-refractivity contribution is 0.0940. The van der Waals surface area contributed by atoms with Crippen molar-refractivity contribution in [3.8, 4) is 5.75 Å². The molecule has 0 bridgehead atoms. The predicted molar refractivity (Wildman–Crippen MR) is 94.4 cm³/mol. The van der Waals surface area contributed by atoms with Crippen molar-refractivity contribution in [1.82, 2.24) is 15.1 Å². The first-order valence-electron chi connectivity index (χ1n) is 8.69. The molecule has 0 aromatic heterocycles. The van der Waals surface area contributed by atoms with E-state index in [0.717, 1.165) is 44.0 Å². The average Bonchev–Trinajstić information content (AvgIpc) is 2.63. The molecule has 1 amide bonds. The third kappa shape index (κ3) is 4.85. The summed E-state index contributed by atoms with van der Waals surface area (Å²) in [5, 5.41) is 2.88. The van der Waals surface area contributed by atoms with Crippen LogP contribution in [-0.4, -0.2) is 68.9 Å². The summed E-state index contributed by atoms with van der Waals surface area (Å²) in [4.78, 5) is 16.6. The minimum atomic E-state index is -0.371. The molecule has 0 spiro atoms. The van der Waals surface area contributed by atoms with Gasteiger partial charge in [-0.1, -0.05) is 25.1 Å². The number of methoxy groups -OCH3 is 1. The Balaban J connectivity index is 2.13. The standard InChI is InChI=1S/C18H29N3O3/c1-4-20-10-12-21(13-11-20)16(14-19-18(22)24-5-2)15-8-6-7-9-17(15)23-3/h6-9,16H,4-5,10-14H2,1-3H3,(H,19,22). The molecule has 1 unspecified atom stereocenters. The molecule has 1 N–H and O–H groups in total. The minimum Gasteiger partial charge on any atom is -0.496 e.